The number of thiocarbonyl (C=S) groups is 1. The first-order valence-corrected chi connectivity index (χ1v) is 7.61. The van der Waals surface area contributed by atoms with Crippen molar-refractivity contribution >= 4 is 33.0 Å². The molecule has 0 radical (unpaired) electrons. The van der Waals surface area contributed by atoms with Crippen LogP contribution in [0.5, 0.6) is 0 Å². The van der Waals surface area contributed by atoms with Gasteiger partial charge in [-0.15, -0.1) is 0 Å². The maximum Gasteiger partial charge on any atom is 0.263 e. The Labute approximate surface area is 122 Å². The van der Waals surface area contributed by atoms with Crippen LogP contribution in [0.2, 0.25) is 0 Å². The van der Waals surface area contributed by atoms with Crippen molar-refractivity contribution in [3.63, 3.8) is 0 Å². The predicted octanol–water partition coefficient (Wildman–Crippen LogP) is 1.16. The van der Waals surface area contributed by atoms with Gasteiger partial charge in [0.1, 0.15) is 4.99 Å². The molecule has 0 spiro atoms. The van der Waals surface area contributed by atoms with E-state index in [-0.39, 0.29) is 15.7 Å². The topological polar surface area (TPSA) is 90.0 Å². The largest absolute Gasteiger partial charge is 0.389 e. The number of nitrogens with one attached hydrogen (secondary N) is 1. The van der Waals surface area contributed by atoms with Gasteiger partial charge in [-0.3, -0.25) is 9.40 Å². The van der Waals surface area contributed by atoms with E-state index in [1.54, 1.807) is 38.4 Å². The Hall–Kier alpha value is -1.93. The first-order chi connectivity index (χ1) is 9.29. The molecule has 0 aliphatic heterocycles. The molecule has 1 aromatic carbocycles. The van der Waals surface area contributed by atoms with Gasteiger partial charge in [0.15, 0.2) is 5.82 Å². The van der Waals surface area contributed by atoms with Gasteiger partial charge in [0.05, 0.1) is 4.90 Å². The average molecular weight is 310 g/mol. The van der Waals surface area contributed by atoms with Gasteiger partial charge in [-0.2, -0.15) is 5.10 Å². The fourth-order valence-electron chi connectivity index (χ4n) is 1.77. The molecule has 0 fully saturated rings. The fourth-order valence-corrected chi connectivity index (χ4v) is 3.12. The molecule has 0 unspecified atom stereocenters. The van der Waals surface area contributed by atoms with Gasteiger partial charge in [0, 0.05) is 24.9 Å². The highest BCUT2D eigenvalue weighted by Gasteiger charge is 2.18. The Kier molecular flexibility index (Phi) is 3.78. The lowest BCUT2D eigenvalue weighted by atomic mass is 10.1. The van der Waals surface area contributed by atoms with Crippen LogP contribution in [0, 0.1) is 6.92 Å². The lowest BCUT2D eigenvalue weighted by molar-refractivity contribution is 0.600. The molecular weight excluding hydrogens is 296 g/mol. The van der Waals surface area contributed by atoms with Crippen LogP contribution in [-0.2, 0) is 17.1 Å². The van der Waals surface area contributed by atoms with Gasteiger partial charge in [-0.1, -0.05) is 18.3 Å². The van der Waals surface area contributed by atoms with E-state index in [1.165, 1.54) is 10.7 Å². The van der Waals surface area contributed by atoms with Crippen LogP contribution in [0.15, 0.2) is 35.4 Å². The number of sulfonamides is 1. The van der Waals surface area contributed by atoms with Crippen LogP contribution >= 0.6 is 12.2 Å². The number of rotatable bonds is 4. The fraction of sp³-hybridized carbons (Fsp3) is 0.167. The number of aromatic nitrogens is 2. The molecule has 2 rings (SSSR count). The van der Waals surface area contributed by atoms with Crippen LogP contribution in [0.4, 0.5) is 5.82 Å². The van der Waals surface area contributed by atoms with Crippen LogP contribution in [0.3, 0.4) is 0 Å². The quantitative estimate of drug-likeness (QED) is 0.827. The normalized spacial score (nSPS) is 11.3. The second kappa shape index (κ2) is 5.22. The molecule has 0 amide bonds. The zero-order valence-corrected chi connectivity index (χ0v) is 12.6. The second-order valence-corrected chi connectivity index (χ2v) is 6.42. The number of hydrogen-bond donors (Lipinski definition) is 2. The summed E-state index contributed by atoms with van der Waals surface area (Å²) >= 11 is 4.87. The molecule has 1 aromatic heterocycles. The number of aryl methyl sites for hydroxylation is 2. The summed E-state index contributed by atoms with van der Waals surface area (Å²) in [5, 5.41) is 3.98. The third kappa shape index (κ3) is 2.97. The molecule has 8 heteroatoms. The maximum atomic E-state index is 12.3. The Morgan fingerprint density at radius 1 is 1.40 bits per heavy atom. The molecule has 0 aliphatic carbocycles. The van der Waals surface area contributed by atoms with Gasteiger partial charge in [0.25, 0.3) is 10.0 Å². The third-order valence-electron chi connectivity index (χ3n) is 2.70. The molecule has 1 heterocycles. The molecule has 0 aliphatic rings. The number of nitrogens with two attached hydrogens (primary N) is 1. The molecular formula is C12H14N4O2S2. The van der Waals surface area contributed by atoms with Gasteiger partial charge < -0.3 is 5.73 Å². The summed E-state index contributed by atoms with van der Waals surface area (Å²) in [5.41, 5.74) is 6.72. The van der Waals surface area contributed by atoms with Crippen LogP contribution in [0.25, 0.3) is 0 Å². The lowest BCUT2D eigenvalue weighted by Crippen LogP contribution is -2.16. The smallest absolute Gasteiger partial charge is 0.263 e. The maximum absolute atomic E-state index is 12.3. The van der Waals surface area contributed by atoms with E-state index in [0.29, 0.717) is 11.1 Å². The summed E-state index contributed by atoms with van der Waals surface area (Å²) < 4.78 is 28.5. The number of nitrogens with zero attached hydrogens (tertiary/aromatic N) is 2. The lowest BCUT2D eigenvalue weighted by Gasteiger charge is -2.09. The second-order valence-electron chi connectivity index (χ2n) is 4.32. The van der Waals surface area contributed by atoms with Crippen molar-refractivity contribution in [2.75, 3.05) is 4.72 Å². The zero-order valence-electron chi connectivity index (χ0n) is 11.0. The van der Waals surface area contributed by atoms with Crippen molar-refractivity contribution in [2.24, 2.45) is 12.8 Å². The summed E-state index contributed by atoms with van der Waals surface area (Å²) in [5.74, 6) is 0.269. The molecule has 106 valence electrons. The van der Waals surface area contributed by atoms with E-state index in [9.17, 15) is 8.42 Å². The van der Waals surface area contributed by atoms with Crippen molar-refractivity contribution < 1.29 is 8.42 Å². The summed E-state index contributed by atoms with van der Waals surface area (Å²) in [6, 6.07) is 6.29. The van der Waals surface area contributed by atoms with E-state index in [1.807, 2.05) is 0 Å². The molecule has 0 atom stereocenters. The minimum absolute atomic E-state index is 0.170. The highest BCUT2D eigenvalue weighted by molar-refractivity contribution is 7.92. The SMILES string of the molecule is Cc1cc(C(N)=S)ccc1S(=O)(=O)Nc1ccn(C)n1. The number of anilines is 1. The zero-order chi connectivity index (χ0) is 14.9. The molecule has 6 nitrogen and oxygen atoms in total. The summed E-state index contributed by atoms with van der Waals surface area (Å²) in [6.45, 7) is 1.69. The molecule has 0 saturated carbocycles. The van der Waals surface area contributed by atoms with Crippen molar-refractivity contribution in [3.8, 4) is 0 Å². The van der Waals surface area contributed by atoms with Crippen LogP contribution in [-0.4, -0.2) is 23.2 Å². The number of benzene rings is 1. The van der Waals surface area contributed by atoms with E-state index in [4.69, 9.17) is 18.0 Å². The van der Waals surface area contributed by atoms with E-state index in [0.717, 1.165) is 0 Å². The Balaban J connectivity index is 2.37. The molecule has 3 N–H and O–H groups in total. The standard InChI is InChI=1S/C12H14N4O2S2/c1-8-7-9(12(13)19)3-4-10(8)20(17,18)15-11-5-6-16(2)14-11/h3-7H,1-2H3,(H2,13,19)(H,14,15). The van der Waals surface area contributed by atoms with Crippen molar-refractivity contribution in [2.45, 2.75) is 11.8 Å². The Morgan fingerprint density at radius 2 is 2.10 bits per heavy atom. The summed E-state index contributed by atoms with van der Waals surface area (Å²) in [4.78, 5) is 0.401. The van der Waals surface area contributed by atoms with Gasteiger partial charge in [0.2, 0.25) is 0 Å². The van der Waals surface area contributed by atoms with Crippen LogP contribution in [0.1, 0.15) is 11.1 Å². The minimum atomic E-state index is -3.68. The van der Waals surface area contributed by atoms with Crippen molar-refractivity contribution in [1.82, 2.24) is 9.78 Å². The van der Waals surface area contributed by atoms with E-state index < -0.39 is 10.0 Å². The highest BCUT2D eigenvalue weighted by Crippen LogP contribution is 2.19. The monoisotopic (exact) mass is 310 g/mol. The minimum Gasteiger partial charge on any atom is -0.389 e. The van der Waals surface area contributed by atoms with E-state index in [2.05, 4.69) is 9.82 Å². The van der Waals surface area contributed by atoms with Gasteiger partial charge >= 0.3 is 0 Å². The third-order valence-corrected chi connectivity index (χ3v) is 4.45. The molecule has 0 bridgehead atoms. The van der Waals surface area contributed by atoms with Gasteiger partial charge in [-0.05, 0) is 24.6 Å². The molecule has 0 saturated heterocycles. The van der Waals surface area contributed by atoms with Crippen molar-refractivity contribution in [3.05, 3.63) is 41.6 Å². The molecule has 2 aromatic rings. The van der Waals surface area contributed by atoms with Gasteiger partial charge in [-0.25, -0.2) is 8.42 Å². The number of hydrogen-bond acceptors (Lipinski definition) is 4. The van der Waals surface area contributed by atoms with E-state index >= 15 is 0 Å². The van der Waals surface area contributed by atoms with Crippen molar-refractivity contribution in [1.29, 1.82) is 0 Å². The summed E-state index contributed by atoms with van der Waals surface area (Å²) in [7, 11) is -1.97. The summed E-state index contributed by atoms with van der Waals surface area (Å²) in [6.07, 6.45) is 1.65. The first-order valence-electron chi connectivity index (χ1n) is 5.72. The predicted molar refractivity (Wildman–Crippen MR) is 81.1 cm³/mol. The van der Waals surface area contributed by atoms with Crippen LogP contribution < -0.4 is 10.5 Å². The average Bonchev–Trinajstić information content (AvgIpc) is 2.73. The molecule has 20 heavy (non-hydrogen) atoms. The highest BCUT2D eigenvalue weighted by atomic mass is 32.2. The Morgan fingerprint density at radius 3 is 2.60 bits per heavy atom. The first kappa shape index (κ1) is 14.5. The Bertz CT molecular complexity index is 766.